The van der Waals surface area contributed by atoms with E-state index >= 15 is 0 Å². The van der Waals surface area contributed by atoms with Gasteiger partial charge in [0, 0.05) is 13.1 Å². The Kier molecular flexibility index (Phi) is 2.01. The van der Waals surface area contributed by atoms with Crippen molar-refractivity contribution in [1.82, 2.24) is 4.31 Å². The number of hydrogen-bond acceptors (Lipinski definition) is 2. The molecule has 0 N–H and O–H groups in total. The fraction of sp³-hybridized carbons (Fsp3) is 1.00. The van der Waals surface area contributed by atoms with Crippen LogP contribution in [0.1, 0.15) is 13.3 Å². The zero-order valence-corrected chi connectivity index (χ0v) is 7.19. The smallest absolute Gasteiger partial charge is 0.211 e. The minimum Gasteiger partial charge on any atom is -0.213 e. The molecule has 60 valence electrons. The molecule has 0 aromatic rings. The Hall–Kier alpha value is -0.0900. The highest BCUT2D eigenvalue weighted by Gasteiger charge is 2.25. The number of hydrogen-bond donors (Lipinski definition) is 0. The molecule has 0 spiro atoms. The Labute approximate surface area is 62.1 Å². The quantitative estimate of drug-likeness (QED) is 0.557. The lowest BCUT2D eigenvalue weighted by Gasteiger charge is -2.10. The summed E-state index contributed by atoms with van der Waals surface area (Å²) in [5.41, 5.74) is 0. The van der Waals surface area contributed by atoms with Crippen LogP contribution in [0, 0.1) is 5.92 Å². The molecule has 0 amide bonds. The molecule has 0 radical (unpaired) electrons. The molecule has 1 saturated heterocycles. The van der Waals surface area contributed by atoms with E-state index in [2.05, 4.69) is 6.92 Å². The van der Waals surface area contributed by atoms with E-state index in [1.807, 2.05) is 0 Å². The second kappa shape index (κ2) is 2.51. The second-order valence-corrected chi connectivity index (χ2v) is 5.00. The third kappa shape index (κ3) is 1.70. The Morgan fingerprint density at radius 2 is 2.10 bits per heavy atom. The Morgan fingerprint density at radius 3 is 2.30 bits per heavy atom. The van der Waals surface area contributed by atoms with Gasteiger partial charge in [0.15, 0.2) is 0 Å². The van der Waals surface area contributed by atoms with Crippen molar-refractivity contribution in [2.24, 2.45) is 5.92 Å². The molecule has 10 heavy (non-hydrogen) atoms. The zero-order chi connectivity index (χ0) is 7.78. The predicted molar refractivity (Wildman–Crippen MR) is 40.2 cm³/mol. The number of nitrogens with zero attached hydrogens (tertiary/aromatic N) is 1. The van der Waals surface area contributed by atoms with E-state index in [1.54, 1.807) is 0 Å². The maximum absolute atomic E-state index is 10.9. The summed E-state index contributed by atoms with van der Waals surface area (Å²) in [4.78, 5) is 0. The fourth-order valence-corrected chi connectivity index (χ4v) is 2.16. The third-order valence-electron chi connectivity index (χ3n) is 1.86. The van der Waals surface area contributed by atoms with E-state index in [0.29, 0.717) is 19.0 Å². The first kappa shape index (κ1) is 8.01. The predicted octanol–water partition coefficient (Wildman–Crippen LogP) is 0.288. The Bertz CT molecular complexity index is 210. The summed E-state index contributed by atoms with van der Waals surface area (Å²) >= 11 is 0. The maximum Gasteiger partial charge on any atom is 0.211 e. The average Bonchev–Trinajstić information content (AvgIpc) is 2.11. The fourth-order valence-electron chi connectivity index (χ4n) is 1.20. The topological polar surface area (TPSA) is 37.4 Å². The highest BCUT2D eigenvalue weighted by molar-refractivity contribution is 7.88. The molecule has 4 heteroatoms. The lowest BCUT2D eigenvalue weighted by Crippen LogP contribution is -2.27. The minimum absolute atomic E-state index is 0.537. The van der Waals surface area contributed by atoms with Crippen LogP contribution in [0.2, 0.25) is 0 Å². The molecule has 0 aromatic carbocycles. The van der Waals surface area contributed by atoms with E-state index in [1.165, 1.54) is 10.6 Å². The molecule has 3 nitrogen and oxygen atoms in total. The first-order valence-corrected chi connectivity index (χ1v) is 5.30. The van der Waals surface area contributed by atoms with Gasteiger partial charge in [0.1, 0.15) is 0 Å². The molecule has 1 aliphatic heterocycles. The normalized spacial score (nSPS) is 29.2. The monoisotopic (exact) mass is 163 g/mol. The SMILES string of the molecule is C[C@@H]1CCN(S(C)(=O)=O)C1. The van der Waals surface area contributed by atoms with Crippen molar-refractivity contribution in [2.75, 3.05) is 19.3 Å². The van der Waals surface area contributed by atoms with E-state index in [0.717, 1.165) is 6.42 Å². The van der Waals surface area contributed by atoms with Crippen LogP contribution in [-0.4, -0.2) is 32.1 Å². The van der Waals surface area contributed by atoms with Crippen LogP contribution >= 0.6 is 0 Å². The summed E-state index contributed by atoms with van der Waals surface area (Å²) in [5.74, 6) is 0.537. The second-order valence-electron chi connectivity index (χ2n) is 3.01. The standard InChI is InChI=1S/C6H13NO2S/c1-6-3-4-7(5-6)10(2,8)9/h6H,3-5H2,1-2H3/t6-/m1/s1. The molecule has 1 aliphatic rings. The van der Waals surface area contributed by atoms with E-state index < -0.39 is 10.0 Å². The van der Waals surface area contributed by atoms with Crippen molar-refractivity contribution >= 4 is 10.0 Å². The molecule has 1 heterocycles. The van der Waals surface area contributed by atoms with Crippen LogP contribution in [-0.2, 0) is 10.0 Å². The van der Waals surface area contributed by atoms with Gasteiger partial charge in [-0.25, -0.2) is 12.7 Å². The average molecular weight is 163 g/mol. The molecule has 1 fully saturated rings. The minimum atomic E-state index is -2.90. The summed E-state index contributed by atoms with van der Waals surface area (Å²) < 4.78 is 23.3. The van der Waals surface area contributed by atoms with Crippen molar-refractivity contribution in [1.29, 1.82) is 0 Å². The Balaban J connectivity index is 2.62. The molecule has 0 aliphatic carbocycles. The van der Waals surface area contributed by atoms with Crippen molar-refractivity contribution in [3.63, 3.8) is 0 Å². The molecule has 0 saturated carbocycles. The van der Waals surface area contributed by atoms with Crippen molar-refractivity contribution in [3.8, 4) is 0 Å². The molecule has 0 unspecified atom stereocenters. The number of sulfonamides is 1. The van der Waals surface area contributed by atoms with Gasteiger partial charge in [0.05, 0.1) is 6.26 Å². The highest BCUT2D eigenvalue weighted by atomic mass is 32.2. The lowest BCUT2D eigenvalue weighted by molar-refractivity contribution is 0.469. The molecular weight excluding hydrogens is 150 g/mol. The summed E-state index contributed by atoms with van der Waals surface area (Å²) in [6, 6.07) is 0. The molecule has 0 aromatic heterocycles. The van der Waals surface area contributed by atoms with Gasteiger partial charge in [0.2, 0.25) is 10.0 Å². The van der Waals surface area contributed by atoms with Gasteiger partial charge in [-0.15, -0.1) is 0 Å². The van der Waals surface area contributed by atoms with Gasteiger partial charge in [0.25, 0.3) is 0 Å². The summed E-state index contributed by atoms with van der Waals surface area (Å²) in [6.45, 7) is 3.49. The molecule has 1 rings (SSSR count). The van der Waals surface area contributed by atoms with Crippen LogP contribution in [0.3, 0.4) is 0 Å². The first-order valence-electron chi connectivity index (χ1n) is 3.45. The Morgan fingerprint density at radius 1 is 1.50 bits per heavy atom. The van der Waals surface area contributed by atoms with Crippen molar-refractivity contribution in [3.05, 3.63) is 0 Å². The summed E-state index contributed by atoms with van der Waals surface area (Å²) in [7, 11) is -2.90. The molecule has 0 bridgehead atoms. The highest BCUT2D eigenvalue weighted by Crippen LogP contribution is 2.17. The van der Waals surface area contributed by atoms with Crippen LogP contribution in [0.5, 0.6) is 0 Å². The third-order valence-corrected chi connectivity index (χ3v) is 3.13. The van der Waals surface area contributed by atoms with E-state index in [9.17, 15) is 8.42 Å². The van der Waals surface area contributed by atoms with Gasteiger partial charge in [-0.1, -0.05) is 6.92 Å². The summed E-state index contributed by atoms with van der Waals surface area (Å²) in [6.07, 6.45) is 2.28. The van der Waals surface area contributed by atoms with Gasteiger partial charge >= 0.3 is 0 Å². The summed E-state index contributed by atoms with van der Waals surface area (Å²) in [5, 5.41) is 0. The molecule has 1 atom stereocenters. The maximum atomic E-state index is 10.9. The molecular formula is C6H13NO2S. The van der Waals surface area contributed by atoms with Crippen LogP contribution in [0.15, 0.2) is 0 Å². The number of rotatable bonds is 1. The van der Waals surface area contributed by atoms with Crippen LogP contribution < -0.4 is 0 Å². The zero-order valence-electron chi connectivity index (χ0n) is 6.37. The van der Waals surface area contributed by atoms with Crippen LogP contribution in [0.4, 0.5) is 0 Å². The van der Waals surface area contributed by atoms with Gasteiger partial charge in [-0.3, -0.25) is 0 Å². The van der Waals surface area contributed by atoms with Gasteiger partial charge in [-0.05, 0) is 12.3 Å². The van der Waals surface area contributed by atoms with E-state index in [-0.39, 0.29) is 0 Å². The van der Waals surface area contributed by atoms with Crippen LogP contribution in [0.25, 0.3) is 0 Å². The largest absolute Gasteiger partial charge is 0.213 e. The van der Waals surface area contributed by atoms with Crippen molar-refractivity contribution in [2.45, 2.75) is 13.3 Å². The first-order chi connectivity index (χ1) is 4.50. The lowest BCUT2D eigenvalue weighted by atomic mass is 10.2. The van der Waals surface area contributed by atoms with Gasteiger partial charge < -0.3 is 0 Å². The van der Waals surface area contributed by atoms with Gasteiger partial charge in [-0.2, -0.15) is 0 Å². The van der Waals surface area contributed by atoms with Crippen molar-refractivity contribution < 1.29 is 8.42 Å². The van der Waals surface area contributed by atoms with E-state index in [4.69, 9.17) is 0 Å².